The lowest BCUT2D eigenvalue weighted by Crippen LogP contribution is -1.85. The maximum Gasteiger partial charge on any atom is 0.163 e. The van der Waals surface area contributed by atoms with Gasteiger partial charge in [0.15, 0.2) is 5.69 Å². The molecule has 0 fully saturated rings. The lowest BCUT2D eigenvalue weighted by Gasteiger charge is -2.05. The van der Waals surface area contributed by atoms with Crippen LogP contribution in [-0.4, -0.2) is 15.4 Å². The van der Waals surface area contributed by atoms with E-state index in [4.69, 9.17) is 5.26 Å². The Morgan fingerprint density at radius 1 is 1.00 bits per heavy atom. The van der Waals surface area contributed by atoms with Gasteiger partial charge in [0.05, 0.1) is 0 Å². The van der Waals surface area contributed by atoms with Crippen LogP contribution in [-0.2, 0) is 0 Å². The van der Waals surface area contributed by atoms with E-state index in [-0.39, 0.29) is 0 Å². The summed E-state index contributed by atoms with van der Waals surface area (Å²) < 4.78 is 0.931. The molecule has 0 aliphatic rings. The predicted molar refractivity (Wildman–Crippen MR) is 79.7 cm³/mol. The normalized spacial score (nSPS) is 10.2. The van der Waals surface area contributed by atoms with Crippen molar-refractivity contribution >= 4 is 15.9 Å². The zero-order chi connectivity index (χ0) is 13.9. The van der Waals surface area contributed by atoms with Crippen LogP contribution in [0.2, 0.25) is 0 Å². The molecule has 3 rings (SSSR count). The molecule has 96 valence electrons. The number of nitrogens with one attached hydrogen (secondary N) is 1. The number of benzene rings is 2. The van der Waals surface area contributed by atoms with Gasteiger partial charge in [-0.15, -0.1) is 5.10 Å². The largest absolute Gasteiger partial charge is 0.247 e. The van der Waals surface area contributed by atoms with Crippen LogP contribution < -0.4 is 0 Å². The molecular weight excluding hydrogens is 316 g/mol. The number of nitriles is 1. The molecule has 1 aromatic heterocycles. The third-order valence-electron chi connectivity index (χ3n) is 2.94. The van der Waals surface area contributed by atoms with E-state index < -0.39 is 0 Å². The van der Waals surface area contributed by atoms with Crippen LogP contribution in [0.15, 0.2) is 53.0 Å². The second-order valence-electron chi connectivity index (χ2n) is 4.24. The van der Waals surface area contributed by atoms with Gasteiger partial charge in [0, 0.05) is 10.0 Å². The highest BCUT2D eigenvalue weighted by molar-refractivity contribution is 9.10. The third-order valence-corrected chi connectivity index (χ3v) is 3.40. The summed E-state index contributed by atoms with van der Waals surface area (Å²) in [5.74, 6) is 0. The van der Waals surface area contributed by atoms with Crippen molar-refractivity contribution in [2.24, 2.45) is 0 Å². The molecule has 0 saturated heterocycles. The van der Waals surface area contributed by atoms with Crippen molar-refractivity contribution in [2.75, 3.05) is 0 Å². The van der Waals surface area contributed by atoms with E-state index in [1.807, 2.05) is 48.5 Å². The second-order valence-corrected chi connectivity index (χ2v) is 5.16. The molecule has 20 heavy (non-hydrogen) atoms. The maximum absolute atomic E-state index is 9.05. The quantitative estimate of drug-likeness (QED) is 0.780. The van der Waals surface area contributed by atoms with Crippen molar-refractivity contribution in [3.63, 3.8) is 0 Å². The molecule has 0 aliphatic carbocycles. The molecule has 1 heterocycles. The van der Waals surface area contributed by atoms with Crippen molar-refractivity contribution < 1.29 is 0 Å². The van der Waals surface area contributed by atoms with Gasteiger partial charge >= 0.3 is 0 Å². The molecule has 0 radical (unpaired) electrons. The number of rotatable bonds is 2. The molecule has 0 saturated carbocycles. The average Bonchev–Trinajstić information content (AvgIpc) is 2.96. The van der Waals surface area contributed by atoms with Crippen LogP contribution in [0.3, 0.4) is 0 Å². The Hall–Kier alpha value is -2.45. The minimum absolute atomic E-state index is 0.363. The summed E-state index contributed by atoms with van der Waals surface area (Å²) in [6.45, 7) is 0. The minimum atomic E-state index is 0.363. The molecule has 1 N–H and O–H groups in total. The molecule has 0 amide bonds. The zero-order valence-electron chi connectivity index (χ0n) is 10.3. The number of halogens is 1. The maximum atomic E-state index is 9.05. The molecule has 0 unspecified atom stereocenters. The number of hydrogen-bond donors (Lipinski definition) is 1. The monoisotopic (exact) mass is 324 g/mol. The Kier molecular flexibility index (Phi) is 3.32. The third kappa shape index (κ3) is 2.33. The van der Waals surface area contributed by atoms with Crippen LogP contribution in [0.25, 0.3) is 22.4 Å². The van der Waals surface area contributed by atoms with E-state index in [0.717, 1.165) is 21.2 Å². The predicted octanol–water partition coefficient (Wildman–Crippen LogP) is 3.77. The Morgan fingerprint density at radius 3 is 2.50 bits per heavy atom. The van der Waals surface area contributed by atoms with E-state index in [1.54, 1.807) is 0 Å². The zero-order valence-corrected chi connectivity index (χ0v) is 11.9. The molecule has 0 aliphatic heterocycles. The lowest BCUT2D eigenvalue weighted by molar-refractivity contribution is 0.937. The van der Waals surface area contributed by atoms with E-state index in [1.165, 1.54) is 0 Å². The molecule has 3 aromatic rings. The number of hydrogen-bond acceptors (Lipinski definition) is 3. The summed E-state index contributed by atoms with van der Waals surface area (Å²) in [4.78, 5) is 0. The molecule has 0 spiro atoms. The van der Waals surface area contributed by atoms with E-state index in [2.05, 4.69) is 37.4 Å². The molecule has 2 aromatic carbocycles. The van der Waals surface area contributed by atoms with Crippen LogP contribution >= 0.6 is 15.9 Å². The summed E-state index contributed by atoms with van der Waals surface area (Å²) in [5.41, 5.74) is 3.94. The molecule has 0 atom stereocenters. The van der Waals surface area contributed by atoms with Gasteiger partial charge in [0.25, 0.3) is 0 Å². The fraction of sp³-hybridized carbons (Fsp3) is 0. The van der Waals surface area contributed by atoms with Gasteiger partial charge in [-0.2, -0.15) is 5.26 Å². The van der Waals surface area contributed by atoms with Gasteiger partial charge in [-0.25, -0.2) is 5.10 Å². The number of aromatic nitrogens is 3. The first-order valence-electron chi connectivity index (χ1n) is 5.95. The Morgan fingerprint density at radius 2 is 1.75 bits per heavy atom. The first-order chi connectivity index (χ1) is 9.78. The molecule has 5 heteroatoms. The molecular formula is C15H9BrN4. The van der Waals surface area contributed by atoms with Crippen molar-refractivity contribution in [1.82, 2.24) is 15.4 Å². The van der Waals surface area contributed by atoms with E-state index in [9.17, 15) is 0 Å². The lowest BCUT2D eigenvalue weighted by atomic mass is 10.0. The van der Waals surface area contributed by atoms with Gasteiger partial charge in [-0.1, -0.05) is 51.5 Å². The number of aromatic amines is 1. The first kappa shape index (κ1) is 12.6. The standard InChI is InChI=1S/C15H9BrN4/c16-13-7-11(10-4-2-1-3-5-10)6-12(8-13)15-14(9-17)18-20-19-15/h1-8H,(H,18,19,20). The summed E-state index contributed by atoms with van der Waals surface area (Å²) in [6, 6.07) is 18.1. The fourth-order valence-corrected chi connectivity index (χ4v) is 2.52. The van der Waals surface area contributed by atoms with Crippen LogP contribution in [0.1, 0.15) is 5.69 Å². The highest BCUT2D eigenvalue weighted by atomic mass is 79.9. The number of nitrogens with zero attached hydrogens (tertiary/aromatic N) is 3. The summed E-state index contributed by atoms with van der Waals surface area (Å²) in [5, 5.41) is 19.3. The second kappa shape index (κ2) is 5.27. The van der Waals surface area contributed by atoms with Crippen LogP contribution in [0, 0.1) is 11.3 Å². The summed E-state index contributed by atoms with van der Waals surface area (Å²) in [6.07, 6.45) is 0. The van der Waals surface area contributed by atoms with Crippen molar-refractivity contribution in [1.29, 1.82) is 5.26 Å². The van der Waals surface area contributed by atoms with E-state index in [0.29, 0.717) is 11.4 Å². The fourth-order valence-electron chi connectivity index (χ4n) is 2.03. The molecule has 4 nitrogen and oxygen atoms in total. The van der Waals surface area contributed by atoms with Gasteiger partial charge < -0.3 is 0 Å². The van der Waals surface area contributed by atoms with E-state index >= 15 is 0 Å². The highest BCUT2D eigenvalue weighted by Crippen LogP contribution is 2.30. The van der Waals surface area contributed by atoms with Crippen molar-refractivity contribution in [3.05, 3.63) is 58.7 Å². The topological polar surface area (TPSA) is 65.4 Å². The van der Waals surface area contributed by atoms with Crippen molar-refractivity contribution in [3.8, 4) is 28.5 Å². The first-order valence-corrected chi connectivity index (χ1v) is 6.75. The summed E-state index contributed by atoms with van der Waals surface area (Å²) in [7, 11) is 0. The SMILES string of the molecule is N#Cc1[nH]nnc1-c1cc(Br)cc(-c2ccccc2)c1. The van der Waals surface area contributed by atoms with Gasteiger partial charge in [0.2, 0.25) is 0 Å². The van der Waals surface area contributed by atoms with Gasteiger partial charge in [0.1, 0.15) is 11.8 Å². The van der Waals surface area contributed by atoms with Crippen LogP contribution in [0.4, 0.5) is 0 Å². The Balaban J connectivity index is 2.15. The summed E-state index contributed by atoms with van der Waals surface area (Å²) >= 11 is 3.50. The van der Waals surface area contributed by atoms with Crippen LogP contribution in [0.5, 0.6) is 0 Å². The smallest absolute Gasteiger partial charge is 0.163 e. The Labute approximate surface area is 124 Å². The van der Waals surface area contributed by atoms with Gasteiger partial charge in [-0.3, -0.25) is 0 Å². The van der Waals surface area contributed by atoms with Gasteiger partial charge in [-0.05, 0) is 29.3 Å². The minimum Gasteiger partial charge on any atom is -0.247 e. The average molecular weight is 325 g/mol. The Bertz CT molecular complexity index is 787. The molecule has 0 bridgehead atoms. The van der Waals surface area contributed by atoms with Crippen molar-refractivity contribution in [2.45, 2.75) is 0 Å². The number of H-pyrrole nitrogens is 1. The highest BCUT2D eigenvalue weighted by Gasteiger charge is 2.11.